The minimum Gasteiger partial charge on any atom is -0.354 e. The second-order valence-electron chi connectivity index (χ2n) is 7.05. The van der Waals surface area contributed by atoms with Crippen LogP contribution in [0.2, 0.25) is 5.02 Å². The van der Waals surface area contributed by atoms with Gasteiger partial charge in [-0.05, 0) is 56.9 Å². The van der Waals surface area contributed by atoms with Crippen molar-refractivity contribution in [1.82, 2.24) is 5.32 Å². The summed E-state index contributed by atoms with van der Waals surface area (Å²) in [5.74, 6) is -0.341. The summed E-state index contributed by atoms with van der Waals surface area (Å²) in [6.45, 7) is 5.93. The number of nitrogens with zero attached hydrogens (tertiary/aromatic N) is 1. The largest absolute Gasteiger partial charge is 0.354 e. The number of carbonyl (C=O) groups is 1. The molecule has 0 saturated heterocycles. The van der Waals surface area contributed by atoms with Gasteiger partial charge in [0.1, 0.15) is 6.04 Å². The molecule has 0 aliphatic rings. The van der Waals surface area contributed by atoms with Gasteiger partial charge < -0.3 is 5.32 Å². The number of nitrogens with one attached hydrogen (secondary N) is 1. The summed E-state index contributed by atoms with van der Waals surface area (Å²) in [5.41, 5.74) is 3.64. The van der Waals surface area contributed by atoms with Crippen LogP contribution >= 0.6 is 11.6 Å². The fourth-order valence-corrected chi connectivity index (χ4v) is 4.39. The molecule has 1 N–H and O–H groups in total. The van der Waals surface area contributed by atoms with E-state index in [9.17, 15) is 13.2 Å². The molecule has 0 saturated carbocycles. The van der Waals surface area contributed by atoms with Crippen LogP contribution in [0.25, 0.3) is 0 Å². The van der Waals surface area contributed by atoms with Crippen LogP contribution in [0.1, 0.15) is 30.0 Å². The second-order valence-corrected chi connectivity index (χ2v) is 9.32. The van der Waals surface area contributed by atoms with E-state index in [1.807, 2.05) is 26.0 Å². The van der Waals surface area contributed by atoms with Gasteiger partial charge in [0.15, 0.2) is 0 Å². The van der Waals surface area contributed by atoms with Gasteiger partial charge in [-0.25, -0.2) is 8.42 Å². The average Bonchev–Trinajstić information content (AvgIpc) is 2.60. The second kappa shape index (κ2) is 9.43. The number of carbonyl (C=O) groups excluding carboxylic acids is 1. The molecule has 0 aromatic heterocycles. The highest BCUT2D eigenvalue weighted by molar-refractivity contribution is 7.92. The Hall–Kier alpha value is -2.05. The lowest BCUT2D eigenvalue weighted by Gasteiger charge is -2.28. The highest BCUT2D eigenvalue weighted by Gasteiger charge is 2.29. The minimum atomic E-state index is -3.66. The van der Waals surface area contributed by atoms with Crippen LogP contribution in [0.3, 0.4) is 0 Å². The summed E-state index contributed by atoms with van der Waals surface area (Å²) in [6.07, 6.45) is 2.71. The van der Waals surface area contributed by atoms with Gasteiger partial charge in [0.25, 0.3) is 0 Å². The number of halogens is 1. The van der Waals surface area contributed by atoms with Crippen molar-refractivity contribution in [2.24, 2.45) is 0 Å². The number of aryl methyl sites for hydroxylation is 3. The summed E-state index contributed by atoms with van der Waals surface area (Å²) in [4.78, 5) is 12.6. The van der Waals surface area contributed by atoms with Gasteiger partial charge >= 0.3 is 0 Å². The molecular formula is C21H27ClN2O3S. The van der Waals surface area contributed by atoms with Crippen LogP contribution in [0.4, 0.5) is 5.69 Å². The third kappa shape index (κ3) is 5.97. The molecule has 0 bridgehead atoms. The molecule has 2 aromatic carbocycles. The van der Waals surface area contributed by atoms with Crippen molar-refractivity contribution in [2.75, 3.05) is 17.1 Å². The van der Waals surface area contributed by atoms with E-state index in [4.69, 9.17) is 11.6 Å². The Morgan fingerprint density at radius 2 is 1.89 bits per heavy atom. The van der Waals surface area contributed by atoms with Crippen molar-refractivity contribution in [3.05, 3.63) is 64.2 Å². The van der Waals surface area contributed by atoms with E-state index in [1.165, 1.54) is 11.1 Å². The first-order valence-electron chi connectivity index (χ1n) is 9.18. The first kappa shape index (κ1) is 22.2. The van der Waals surface area contributed by atoms with E-state index in [2.05, 4.69) is 17.4 Å². The number of anilines is 1. The summed E-state index contributed by atoms with van der Waals surface area (Å²) < 4.78 is 25.8. The monoisotopic (exact) mass is 422 g/mol. The fraction of sp³-hybridized carbons (Fsp3) is 0.381. The fourth-order valence-electron chi connectivity index (χ4n) is 3.05. The molecule has 0 aliphatic carbocycles. The predicted octanol–water partition coefficient (Wildman–Crippen LogP) is 3.86. The zero-order valence-corrected chi connectivity index (χ0v) is 18.3. The Bertz CT molecular complexity index is 944. The Balaban J connectivity index is 2.02. The van der Waals surface area contributed by atoms with Crippen molar-refractivity contribution < 1.29 is 13.2 Å². The molecule has 2 aromatic rings. The Labute approximate surface area is 172 Å². The van der Waals surface area contributed by atoms with Crippen LogP contribution in [-0.2, 0) is 21.2 Å². The van der Waals surface area contributed by atoms with Gasteiger partial charge in [-0.2, -0.15) is 0 Å². The zero-order valence-electron chi connectivity index (χ0n) is 16.7. The Morgan fingerprint density at radius 1 is 1.18 bits per heavy atom. The predicted molar refractivity (Wildman–Crippen MR) is 115 cm³/mol. The number of rotatable bonds is 8. The van der Waals surface area contributed by atoms with Crippen LogP contribution in [0.5, 0.6) is 0 Å². The van der Waals surface area contributed by atoms with E-state index in [-0.39, 0.29) is 5.91 Å². The molecular weight excluding hydrogens is 396 g/mol. The summed E-state index contributed by atoms with van der Waals surface area (Å²) in [7, 11) is -3.66. The molecule has 1 unspecified atom stereocenters. The number of sulfonamides is 1. The molecule has 7 heteroatoms. The maximum atomic E-state index is 12.6. The van der Waals surface area contributed by atoms with E-state index in [0.717, 1.165) is 29.0 Å². The molecule has 0 fully saturated rings. The molecule has 1 amide bonds. The molecule has 0 spiro atoms. The molecule has 28 heavy (non-hydrogen) atoms. The smallest absolute Gasteiger partial charge is 0.243 e. The van der Waals surface area contributed by atoms with E-state index in [1.54, 1.807) is 25.1 Å². The van der Waals surface area contributed by atoms with Crippen LogP contribution in [0.15, 0.2) is 42.5 Å². The molecule has 1 atom stereocenters. The SMILES string of the molecule is Cc1cccc(CCCNC(=O)C(C)N(c2ccc(C)c(Cl)c2)S(C)(=O)=O)c1. The summed E-state index contributed by atoms with van der Waals surface area (Å²) in [5, 5.41) is 3.29. The molecule has 2 rings (SSSR count). The molecule has 152 valence electrons. The highest BCUT2D eigenvalue weighted by atomic mass is 35.5. The van der Waals surface area contributed by atoms with Crippen molar-refractivity contribution in [3.63, 3.8) is 0 Å². The summed E-state index contributed by atoms with van der Waals surface area (Å²) in [6, 6.07) is 12.3. The lowest BCUT2D eigenvalue weighted by atomic mass is 10.1. The normalized spacial score (nSPS) is 12.5. The number of benzene rings is 2. The Kier molecular flexibility index (Phi) is 7.49. The first-order chi connectivity index (χ1) is 13.1. The van der Waals surface area contributed by atoms with E-state index < -0.39 is 16.1 Å². The van der Waals surface area contributed by atoms with Crippen LogP contribution in [0, 0.1) is 13.8 Å². The van der Waals surface area contributed by atoms with Crippen molar-refractivity contribution in [1.29, 1.82) is 0 Å². The summed E-state index contributed by atoms with van der Waals surface area (Å²) >= 11 is 6.14. The molecule has 0 radical (unpaired) electrons. The lowest BCUT2D eigenvalue weighted by molar-refractivity contribution is -0.121. The van der Waals surface area contributed by atoms with Gasteiger partial charge in [-0.3, -0.25) is 9.10 Å². The van der Waals surface area contributed by atoms with Gasteiger partial charge in [0.2, 0.25) is 15.9 Å². The molecule has 5 nitrogen and oxygen atoms in total. The topological polar surface area (TPSA) is 66.5 Å². The lowest BCUT2D eigenvalue weighted by Crippen LogP contribution is -2.48. The number of hydrogen-bond acceptors (Lipinski definition) is 3. The van der Waals surface area contributed by atoms with Crippen LogP contribution in [-0.4, -0.2) is 33.2 Å². The van der Waals surface area contributed by atoms with E-state index >= 15 is 0 Å². The van der Waals surface area contributed by atoms with E-state index in [0.29, 0.717) is 17.3 Å². The van der Waals surface area contributed by atoms with Gasteiger partial charge in [0.05, 0.1) is 11.9 Å². The third-order valence-electron chi connectivity index (χ3n) is 4.52. The van der Waals surface area contributed by atoms with Gasteiger partial charge in [0, 0.05) is 11.6 Å². The van der Waals surface area contributed by atoms with Crippen molar-refractivity contribution in [2.45, 2.75) is 39.7 Å². The molecule has 0 aliphatic heterocycles. The van der Waals surface area contributed by atoms with Crippen molar-refractivity contribution in [3.8, 4) is 0 Å². The number of amides is 1. The number of hydrogen-bond donors (Lipinski definition) is 1. The maximum absolute atomic E-state index is 12.6. The maximum Gasteiger partial charge on any atom is 0.243 e. The quantitative estimate of drug-likeness (QED) is 0.657. The highest BCUT2D eigenvalue weighted by Crippen LogP contribution is 2.26. The third-order valence-corrected chi connectivity index (χ3v) is 6.17. The average molecular weight is 423 g/mol. The van der Waals surface area contributed by atoms with Gasteiger partial charge in [-0.1, -0.05) is 47.5 Å². The minimum absolute atomic E-state index is 0.341. The van der Waals surface area contributed by atoms with Crippen LogP contribution < -0.4 is 9.62 Å². The zero-order chi connectivity index (χ0) is 20.9. The Morgan fingerprint density at radius 3 is 2.50 bits per heavy atom. The first-order valence-corrected chi connectivity index (χ1v) is 11.4. The standard InChI is InChI=1S/C21H27ClN2O3S/c1-15-7-5-8-18(13-15)9-6-12-23-21(25)17(3)24(28(4,26)27)19-11-10-16(2)20(22)14-19/h5,7-8,10-11,13-14,17H,6,9,12H2,1-4H3,(H,23,25). The molecule has 0 heterocycles. The van der Waals surface area contributed by atoms with Crippen molar-refractivity contribution >= 4 is 33.2 Å². The van der Waals surface area contributed by atoms with Gasteiger partial charge in [-0.15, -0.1) is 0 Å².